The highest BCUT2D eigenvalue weighted by Crippen LogP contribution is 2.43. The summed E-state index contributed by atoms with van der Waals surface area (Å²) in [6.45, 7) is 7.19. The van der Waals surface area contributed by atoms with E-state index in [0.29, 0.717) is 5.56 Å². The van der Waals surface area contributed by atoms with Crippen molar-refractivity contribution in [1.82, 2.24) is 4.98 Å². The zero-order valence-corrected chi connectivity index (χ0v) is 15.4. The van der Waals surface area contributed by atoms with Crippen LogP contribution < -0.4 is 4.57 Å². The first-order valence-corrected chi connectivity index (χ1v) is 9.44. The van der Waals surface area contributed by atoms with E-state index in [-0.39, 0.29) is 5.41 Å². The molecule has 4 heteroatoms. The molecule has 2 aromatic rings. The molecule has 0 spiro atoms. The number of nitrogens with zero attached hydrogens (tertiary/aromatic N) is 2. The summed E-state index contributed by atoms with van der Waals surface area (Å²) in [5.74, 6) is -1.41. The summed E-state index contributed by atoms with van der Waals surface area (Å²) in [6, 6.07) is 5.65. The van der Waals surface area contributed by atoms with Gasteiger partial charge in [0.25, 0.3) is 0 Å². The van der Waals surface area contributed by atoms with Gasteiger partial charge in [0.1, 0.15) is 12.1 Å². The quantitative estimate of drug-likeness (QED) is 0.543. The lowest BCUT2D eigenvalue weighted by molar-refractivity contribution is -0.687. The number of fused-ring (bicyclic) bond motifs is 3. The molecule has 0 fully saturated rings. The molecule has 134 valence electrons. The monoisotopic (exact) mass is 345 g/mol. The normalized spacial score (nSPS) is 15.4. The van der Waals surface area contributed by atoms with Gasteiger partial charge in [-0.2, -0.15) is 18.3 Å². The highest BCUT2D eigenvalue weighted by Gasteiger charge is 2.39. The minimum Gasteiger partial charge on any atom is -0.198 e. The van der Waals surface area contributed by atoms with Crippen LogP contribution in [0.1, 0.15) is 64.0 Å². The molecule has 0 saturated carbocycles. The van der Waals surface area contributed by atoms with Crippen molar-refractivity contribution < 1.29 is 13.3 Å². The third kappa shape index (κ3) is 3.19. The molecule has 3 rings (SSSR count). The van der Waals surface area contributed by atoms with Gasteiger partial charge in [0.2, 0.25) is 17.6 Å². The molecule has 1 aliphatic heterocycles. The number of hydrogen-bond acceptors (Lipinski definition) is 1. The van der Waals surface area contributed by atoms with E-state index in [1.54, 1.807) is 0 Å². The van der Waals surface area contributed by atoms with E-state index >= 15 is 0 Å². The lowest BCUT2D eigenvalue weighted by Gasteiger charge is -2.30. The summed E-state index contributed by atoms with van der Waals surface area (Å²) in [5, 5.41) is 0. The van der Waals surface area contributed by atoms with Crippen LogP contribution in [0.2, 0.25) is 0 Å². The maximum atomic E-state index is 14.8. The Morgan fingerprint density at radius 3 is 2.60 bits per heavy atom. The molecule has 3 heterocycles. The molecule has 25 heavy (non-hydrogen) atoms. The summed E-state index contributed by atoms with van der Waals surface area (Å²) in [4.78, 5) is 3.51. The second kappa shape index (κ2) is 7.19. The first kappa shape index (κ1) is 18.0. The first-order chi connectivity index (χ1) is 12.0. The minimum atomic E-state index is -0.724. The van der Waals surface area contributed by atoms with Gasteiger partial charge in [0.05, 0.1) is 0 Å². The number of halogens is 2. The minimum absolute atomic E-state index is 0.213. The summed E-state index contributed by atoms with van der Waals surface area (Å²) >= 11 is 0. The molecule has 0 atom stereocenters. The largest absolute Gasteiger partial charge is 0.229 e. The van der Waals surface area contributed by atoms with Crippen molar-refractivity contribution in [3.05, 3.63) is 47.4 Å². The average Bonchev–Trinajstić information content (AvgIpc) is 2.74. The number of aryl methyl sites for hydroxylation is 2. The van der Waals surface area contributed by atoms with Gasteiger partial charge in [0.15, 0.2) is 6.20 Å². The zero-order chi connectivity index (χ0) is 18.0. The molecule has 0 bridgehead atoms. The molecule has 0 unspecified atom stereocenters. The molecule has 2 nitrogen and oxygen atoms in total. The SMILES string of the molecule is CCCCc1cc[n+]2c(c1)-c1c(cc(F)nc1F)C(CC)(CC)CC2. The van der Waals surface area contributed by atoms with E-state index in [1.165, 1.54) is 11.6 Å². The van der Waals surface area contributed by atoms with E-state index in [1.807, 2.05) is 6.20 Å². The van der Waals surface area contributed by atoms with Crippen molar-refractivity contribution >= 4 is 0 Å². The van der Waals surface area contributed by atoms with Gasteiger partial charge < -0.3 is 0 Å². The molecule has 0 N–H and O–H groups in total. The number of rotatable bonds is 5. The molecular weight excluding hydrogens is 318 g/mol. The Morgan fingerprint density at radius 2 is 1.92 bits per heavy atom. The van der Waals surface area contributed by atoms with Gasteiger partial charge in [-0.3, -0.25) is 0 Å². The average molecular weight is 345 g/mol. The fourth-order valence-electron chi connectivity index (χ4n) is 4.12. The van der Waals surface area contributed by atoms with Crippen LogP contribution in [0.4, 0.5) is 8.78 Å². The van der Waals surface area contributed by atoms with E-state index in [0.717, 1.165) is 56.3 Å². The Hall–Kier alpha value is -1.84. The van der Waals surface area contributed by atoms with E-state index < -0.39 is 11.9 Å². The maximum Gasteiger partial charge on any atom is 0.229 e. The third-order valence-corrected chi connectivity index (χ3v) is 5.88. The predicted molar refractivity (Wildman–Crippen MR) is 95.3 cm³/mol. The van der Waals surface area contributed by atoms with Gasteiger partial charge in [-0.25, -0.2) is 0 Å². The first-order valence-electron chi connectivity index (χ1n) is 9.44. The van der Waals surface area contributed by atoms with Crippen molar-refractivity contribution in [3.63, 3.8) is 0 Å². The Bertz CT molecular complexity index is 767. The molecular formula is C21H27F2N2+. The number of unbranched alkanes of at least 4 members (excludes halogenated alkanes) is 1. The molecule has 0 aromatic carbocycles. The lowest BCUT2D eigenvalue weighted by Crippen LogP contribution is -2.37. The van der Waals surface area contributed by atoms with Crippen molar-refractivity contribution in [3.8, 4) is 11.3 Å². The van der Waals surface area contributed by atoms with E-state index in [9.17, 15) is 8.78 Å². The number of hydrogen-bond donors (Lipinski definition) is 0. The van der Waals surface area contributed by atoms with Crippen LogP contribution in [0, 0.1) is 11.9 Å². The van der Waals surface area contributed by atoms with Gasteiger partial charge in [-0.15, -0.1) is 0 Å². The Morgan fingerprint density at radius 1 is 1.16 bits per heavy atom. The molecule has 1 aliphatic rings. The molecule has 0 amide bonds. The number of pyridine rings is 2. The molecule has 2 aromatic heterocycles. The second-order valence-corrected chi connectivity index (χ2v) is 7.11. The molecule has 0 aliphatic carbocycles. The Balaban J connectivity index is 2.24. The Kier molecular flexibility index (Phi) is 5.16. The summed E-state index contributed by atoms with van der Waals surface area (Å²) in [7, 11) is 0. The van der Waals surface area contributed by atoms with Gasteiger partial charge in [0, 0.05) is 24.0 Å². The highest BCUT2D eigenvalue weighted by atomic mass is 19.1. The Labute approximate surface area is 148 Å². The van der Waals surface area contributed by atoms with Crippen molar-refractivity contribution in [1.29, 1.82) is 0 Å². The third-order valence-electron chi connectivity index (χ3n) is 5.88. The summed E-state index contributed by atoms with van der Waals surface area (Å²) in [6.07, 6.45) is 7.84. The van der Waals surface area contributed by atoms with Crippen LogP contribution in [0.3, 0.4) is 0 Å². The van der Waals surface area contributed by atoms with Gasteiger partial charge >= 0.3 is 0 Å². The van der Waals surface area contributed by atoms with Gasteiger partial charge in [-0.1, -0.05) is 27.2 Å². The standard InChI is InChI=1S/C21H27F2N2/c1-4-7-8-15-9-11-25-12-10-21(5-2,6-3)16-14-18(22)24-20(23)19(16)17(25)13-15/h9,11,13-14H,4-8,10,12H2,1-3H3/q+1. The van der Waals surface area contributed by atoms with E-state index in [2.05, 4.69) is 42.5 Å². The fourth-order valence-corrected chi connectivity index (χ4v) is 4.12. The van der Waals surface area contributed by atoms with E-state index in [4.69, 9.17) is 0 Å². The van der Waals surface area contributed by atoms with Crippen LogP contribution in [-0.2, 0) is 18.4 Å². The maximum absolute atomic E-state index is 14.8. The topological polar surface area (TPSA) is 16.8 Å². The molecule has 0 radical (unpaired) electrons. The molecule has 0 saturated heterocycles. The summed E-state index contributed by atoms with van der Waals surface area (Å²) in [5.41, 5.74) is 3.08. The van der Waals surface area contributed by atoms with Gasteiger partial charge in [-0.05, 0) is 42.9 Å². The van der Waals surface area contributed by atoms with Crippen molar-refractivity contribution in [2.24, 2.45) is 0 Å². The smallest absolute Gasteiger partial charge is 0.198 e. The van der Waals surface area contributed by atoms with Crippen LogP contribution in [0.25, 0.3) is 11.3 Å². The van der Waals surface area contributed by atoms with Crippen LogP contribution in [-0.4, -0.2) is 4.98 Å². The number of aromatic nitrogens is 2. The van der Waals surface area contributed by atoms with Crippen molar-refractivity contribution in [2.45, 2.75) is 71.3 Å². The van der Waals surface area contributed by atoms with Crippen molar-refractivity contribution in [2.75, 3.05) is 0 Å². The van der Waals surface area contributed by atoms with Crippen LogP contribution in [0.15, 0.2) is 24.4 Å². The predicted octanol–water partition coefficient (Wildman–Crippen LogP) is 5.12. The fraction of sp³-hybridized carbons (Fsp3) is 0.524. The highest BCUT2D eigenvalue weighted by molar-refractivity contribution is 5.64. The summed E-state index contributed by atoms with van der Waals surface area (Å²) < 4.78 is 30.9. The lowest BCUT2D eigenvalue weighted by atomic mass is 9.72. The zero-order valence-electron chi connectivity index (χ0n) is 15.4. The van der Waals surface area contributed by atoms with Crippen LogP contribution in [0.5, 0.6) is 0 Å². The van der Waals surface area contributed by atoms with Crippen LogP contribution >= 0.6 is 0 Å². The second-order valence-electron chi connectivity index (χ2n) is 7.11.